The third-order valence-corrected chi connectivity index (χ3v) is 4.35. The first-order valence-corrected chi connectivity index (χ1v) is 7.80. The summed E-state index contributed by atoms with van der Waals surface area (Å²) in [5.41, 5.74) is 0.867. The number of rotatable bonds is 6. The summed E-state index contributed by atoms with van der Waals surface area (Å²) in [4.78, 5) is 2.43. The molecule has 1 atom stereocenters. The highest BCUT2D eigenvalue weighted by Gasteiger charge is 2.36. The minimum atomic E-state index is -0.255. The van der Waals surface area contributed by atoms with Gasteiger partial charge in [0.15, 0.2) is 0 Å². The molecule has 2 rings (SSSR count). The maximum absolute atomic E-state index is 9.90. The minimum absolute atomic E-state index is 0. The van der Waals surface area contributed by atoms with Crippen molar-refractivity contribution in [2.75, 3.05) is 47.0 Å². The monoisotopic (exact) mass is 344 g/mol. The third-order valence-electron chi connectivity index (χ3n) is 4.35. The van der Waals surface area contributed by atoms with Gasteiger partial charge in [0.25, 0.3) is 0 Å². The zero-order valence-electron chi connectivity index (χ0n) is 14.5. The molecule has 5 nitrogen and oxygen atoms in total. The minimum Gasteiger partial charge on any atom is -0.497 e. The Bertz CT molecular complexity index is 468. The summed E-state index contributed by atoms with van der Waals surface area (Å²) in [5.74, 6) is 1.56. The number of ether oxygens (including phenoxy) is 2. The van der Waals surface area contributed by atoms with Crippen LogP contribution in [0.4, 0.5) is 0 Å². The maximum atomic E-state index is 9.90. The van der Waals surface area contributed by atoms with Crippen molar-refractivity contribution in [3.8, 4) is 11.5 Å². The highest BCUT2D eigenvalue weighted by molar-refractivity contribution is 5.85. The van der Waals surface area contributed by atoms with Gasteiger partial charge in [0.2, 0.25) is 0 Å². The molecule has 0 unspecified atom stereocenters. The van der Waals surface area contributed by atoms with Gasteiger partial charge in [0.05, 0.1) is 14.2 Å². The second-order valence-electron chi connectivity index (χ2n) is 6.48. The maximum Gasteiger partial charge on any atom is 0.122 e. The van der Waals surface area contributed by atoms with E-state index in [-0.39, 0.29) is 30.5 Å². The van der Waals surface area contributed by atoms with E-state index in [1.807, 2.05) is 18.2 Å². The first kappa shape index (κ1) is 20.0. The molecule has 0 amide bonds. The Balaban J connectivity index is 0.00000264. The van der Waals surface area contributed by atoms with Crippen molar-refractivity contribution in [1.29, 1.82) is 0 Å². The standard InChI is InChI=1S/C17H28N2O3.ClH/c1-17(2,12-20)16(19-7-5-18-6-8-19)13-9-14(21-3)11-15(10-13)22-4;/h9-11,16,18,20H,5-8,12H2,1-4H3;1H/t16-;/m0./s1. The summed E-state index contributed by atoms with van der Waals surface area (Å²) < 4.78 is 10.8. The number of piperazine rings is 1. The third kappa shape index (κ3) is 4.73. The molecule has 6 heteroatoms. The van der Waals surface area contributed by atoms with E-state index < -0.39 is 0 Å². The molecule has 0 aromatic heterocycles. The van der Waals surface area contributed by atoms with Crippen molar-refractivity contribution in [3.05, 3.63) is 23.8 Å². The van der Waals surface area contributed by atoms with Crippen molar-refractivity contribution < 1.29 is 14.6 Å². The highest BCUT2D eigenvalue weighted by atomic mass is 35.5. The Morgan fingerprint density at radius 2 is 1.65 bits per heavy atom. The second-order valence-corrected chi connectivity index (χ2v) is 6.48. The van der Waals surface area contributed by atoms with E-state index >= 15 is 0 Å². The molecule has 1 aromatic carbocycles. The smallest absolute Gasteiger partial charge is 0.122 e. The van der Waals surface area contributed by atoms with Crippen molar-refractivity contribution in [3.63, 3.8) is 0 Å². The number of nitrogens with one attached hydrogen (secondary N) is 1. The number of nitrogens with zero attached hydrogens (tertiary/aromatic N) is 1. The molecule has 0 bridgehead atoms. The van der Waals surface area contributed by atoms with Crippen LogP contribution >= 0.6 is 12.4 Å². The van der Waals surface area contributed by atoms with Gasteiger partial charge in [-0.2, -0.15) is 0 Å². The molecule has 1 saturated heterocycles. The largest absolute Gasteiger partial charge is 0.497 e. The Kier molecular flexibility index (Phi) is 7.61. The average molecular weight is 345 g/mol. The molecule has 1 fully saturated rings. The number of aliphatic hydroxyl groups is 1. The lowest BCUT2D eigenvalue weighted by Gasteiger charge is -2.43. The average Bonchev–Trinajstić information content (AvgIpc) is 2.55. The summed E-state index contributed by atoms with van der Waals surface area (Å²) >= 11 is 0. The summed E-state index contributed by atoms with van der Waals surface area (Å²) in [6, 6.07) is 6.09. The van der Waals surface area contributed by atoms with Gasteiger partial charge in [-0.15, -0.1) is 12.4 Å². The number of benzene rings is 1. The van der Waals surface area contributed by atoms with Gasteiger partial charge in [-0.1, -0.05) is 13.8 Å². The molecule has 1 aromatic rings. The highest BCUT2D eigenvalue weighted by Crippen LogP contribution is 2.40. The fourth-order valence-corrected chi connectivity index (χ4v) is 3.17. The summed E-state index contributed by atoms with van der Waals surface area (Å²) in [6.07, 6.45) is 0. The second kappa shape index (κ2) is 8.73. The molecule has 1 heterocycles. The van der Waals surface area contributed by atoms with Gasteiger partial charge in [-0.05, 0) is 17.7 Å². The Labute approximate surface area is 145 Å². The van der Waals surface area contributed by atoms with Crippen LogP contribution in [-0.2, 0) is 0 Å². The van der Waals surface area contributed by atoms with Crippen LogP contribution in [-0.4, -0.2) is 57.0 Å². The van der Waals surface area contributed by atoms with Gasteiger partial charge in [-0.3, -0.25) is 4.90 Å². The number of aliphatic hydroxyl groups excluding tert-OH is 1. The van der Waals surface area contributed by atoms with Crippen LogP contribution in [0.2, 0.25) is 0 Å². The molecule has 23 heavy (non-hydrogen) atoms. The summed E-state index contributed by atoms with van der Waals surface area (Å²) in [6.45, 7) is 8.21. The SMILES string of the molecule is COc1cc(OC)cc([C@H](N2CCNCC2)C(C)(C)CO)c1.Cl. The molecule has 1 aliphatic heterocycles. The Hall–Kier alpha value is -1.01. The summed E-state index contributed by atoms with van der Waals surface area (Å²) in [7, 11) is 3.32. The lowest BCUT2D eigenvalue weighted by molar-refractivity contribution is 0.0303. The van der Waals surface area contributed by atoms with Crippen LogP contribution in [0.15, 0.2) is 18.2 Å². The predicted octanol–water partition coefficient (Wildman–Crippen LogP) is 2.09. The van der Waals surface area contributed by atoms with Crippen LogP contribution in [0.25, 0.3) is 0 Å². The topological polar surface area (TPSA) is 54.0 Å². The Morgan fingerprint density at radius 3 is 2.09 bits per heavy atom. The van der Waals surface area contributed by atoms with Crippen LogP contribution in [0, 0.1) is 5.41 Å². The van der Waals surface area contributed by atoms with E-state index in [0.29, 0.717) is 0 Å². The number of methoxy groups -OCH3 is 2. The zero-order valence-corrected chi connectivity index (χ0v) is 15.3. The molecule has 0 aliphatic carbocycles. The van der Waals surface area contributed by atoms with Crippen LogP contribution in [0.1, 0.15) is 25.5 Å². The number of hydrogen-bond acceptors (Lipinski definition) is 5. The first-order chi connectivity index (χ1) is 10.5. The van der Waals surface area contributed by atoms with Gasteiger partial charge >= 0.3 is 0 Å². The molecule has 0 saturated carbocycles. The molecule has 0 radical (unpaired) electrons. The Morgan fingerprint density at radius 1 is 1.13 bits per heavy atom. The molecule has 2 N–H and O–H groups in total. The van der Waals surface area contributed by atoms with Crippen LogP contribution in [0.5, 0.6) is 11.5 Å². The van der Waals surface area contributed by atoms with Gasteiger partial charge in [0, 0.05) is 50.3 Å². The number of halogens is 1. The number of hydrogen-bond donors (Lipinski definition) is 2. The zero-order chi connectivity index (χ0) is 16.2. The molecular weight excluding hydrogens is 316 g/mol. The van der Waals surface area contributed by atoms with E-state index in [4.69, 9.17) is 9.47 Å². The lowest BCUT2D eigenvalue weighted by Crippen LogP contribution is -2.49. The van der Waals surface area contributed by atoms with E-state index in [1.54, 1.807) is 14.2 Å². The van der Waals surface area contributed by atoms with Gasteiger partial charge in [-0.25, -0.2) is 0 Å². The lowest BCUT2D eigenvalue weighted by atomic mass is 9.79. The van der Waals surface area contributed by atoms with Crippen LogP contribution in [0.3, 0.4) is 0 Å². The van der Waals surface area contributed by atoms with E-state index in [0.717, 1.165) is 43.2 Å². The first-order valence-electron chi connectivity index (χ1n) is 7.80. The van der Waals surface area contributed by atoms with E-state index in [1.165, 1.54) is 0 Å². The van der Waals surface area contributed by atoms with Gasteiger partial charge < -0.3 is 19.9 Å². The predicted molar refractivity (Wildman–Crippen MR) is 94.8 cm³/mol. The summed E-state index contributed by atoms with van der Waals surface area (Å²) in [5, 5.41) is 13.3. The molecular formula is C17H29ClN2O3. The fraction of sp³-hybridized carbons (Fsp3) is 0.647. The van der Waals surface area contributed by atoms with E-state index in [2.05, 4.69) is 24.1 Å². The van der Waals surface area contributed by atoms with Crippen molar-refractivity contribution in [2.45, 2.75) is 19.9 Å². The fourth-order valence-electron chi connectivity index (χ4n) is 3.17. The van der Waals surface area contributed by atoms with Crippen molar-refractivity contribution in [1.82, 2.24) is 10.2 Å². The van der Waals surface area contributed by atoms with Gasteiger partial charge in [0.1, 0.15) is 11.5 Å². The normalized spacial score (nSPS) is 17.3. The quantitative estimate of drug-likeness (QED) is 0.827. The van der Waals surface area contributed by atoms with Crippen molar-refractivity contribution in [2.24, 2.45) is 5.41 Å². The molecule has 0 spiro atoms. The molecule has 132 valence electrons. The van der Waals surface area contributed by atoms with Crippen molar-refractivity contribution >= 4 is 12.4 Å². The van der Waals surface area contributed by atoms with E-state index in [9.17, 15) is 5.11 Å². The van der Waals surface area contributed by atoms with Crippen LogP contribution < -0.4 is 14.8 Å². The molecule has 1 aliphatic rings.